The molecule has 1 aromatic rings. The van der Waals surface area contributed by atoms with E-state index in [2.05, 4.69) is 11.9 Å². The van der Waals surface area contributed by atoms with Gasteiger partial charge in [0.05, 0.1) is 25.1 Å². The van der Waals surface area contributed by atoms with E-state index in [-0.39, 0.29) is 18.0 Å². The zero-order valence-electron chi connectivity index (χ0n) is 22.1. The van der Waals surface area contributed by atoms with Gasteiger partial charge in [-0.1, -0.05) is 36.4 Å². The fourth-order valence-corrected chi connectivity index (χ4v) is 3.91. The van der Waals surface area contributed by atoms with Crippen molar-refractivity contribution in [1.82, 2.24) is 5.32 Å². The molecular formula is C29H37F3N2O3. The van der Waals surface area contributed by atoms with Crippen LogP contribution in [0.5, 0.6) is 0 Å². The lowest BCUT2D eigenvalue weighted by atomic mass is 10.0. The summed E-state index contributed by atoms with van der Waals surface area (Å²) < 4.78 is 50.5. The summed E-state index contributed by atoms with van der Waals surface area (Å²) in [7, 11) is 1.66. The number of hydrogen-bond donors (Lipinski definition) is 1. The molecule has 1 aliphatic rings. The van der Waals surface area contributed by atoms with Gasteiger partial charge in [0.15, 0.2) is 0 Å². The van der Waals surface area contributed by atoms with Crippen molar-refractivity contribution < 1.29 is 27.4 Å². The molecule has 8 heteroatoms. The summed E-state index contributed by atoms with van der Waals surface area (Å²) in [6.45, 7) is 11.7. The fourth-order valence-electron chi connectivity index (χ4n) is 3.91. The zero-order chi connectivity index (χ0) is 27.4. The number of nitrogens with one attached hydrogen (secondary N) is 1. The molecule has 0 saturated heterocycles. The van der Waals surface area contributed by atoms with Crippen LogP contribution in [0.15, 0.2) is 76.5 Å². The average Bonchev–Trinajstić information content (AvgIpc) is 3.18. The minimum Gasteiger partial charge on any atom is -0.494 e. The number of methoxy groups -OCH3 is 1. The Morgan fingerprint density at radius 3 is 2.57 bits per heavy atom. The number of allylic oxidation sites excluding steroid dienone is 3. The maximum absolute atomic E-state index is 13.2. The Kier molecular flexibility index (Phi) is 11.9. The lowest BCUT2D eigenvalue weighted by Crippen LogP contribution is -2.34. The van der Waals surface area contributed by atoms with Crippen molar-refractivity contribution in [2.45, 2.75) is 58.7 Å². The first kappa shape index (κ1) is 30.1. The van der Waals surface area contributed by atoms with E-state index >= 15 is 0 Å². The van der Waals surface area contributed by atoms with E-state index in [0.29, 0.717) is 32.6 Å². The number of benzene rings is 1. The lowest BCUT2D eigenvalue weighted by molar-refractivity contribution is -0.138. The minimum absolute atomic E-state index is 0.0404. The van der Waals surface area contributed by atoms with Crippen molar-refractivity contribution in [3.63, 3.8) is 0 Å². The number of halogens is 3. The molecule has 0 spiro atoms. The van der Waals surface area contributed by atoms with Crippen LogP contribution >= 0.6 is 0 Å². The van der Waals surface area contributed by atoms with Crippen LogP contribution in [0.25, 0.3) is 0 Å². The molecule has 1 aliphatic carbocycles. The summed E-state index contributed by atoms with van der Waals surface area (Å²) in [5.41, 5.74) is 2.97. The van der Waals surface area contributed by atoms with Crippen LogP contribution in [0, 0.1) is 0 Å². The van der Waals surface area contributed by atoms with Crippen LogP contribution in [-0.4, -0.2) is 44.5 Å². The van der Waals surface area contributed by atoms with Gasteiger partial charge in [-0.05, 0) is 62.1 Å². The molecule has 0 aromatic heterocycles. The molecule has 202 valence electrons. The van der Waals surface area contributed by atoms with Crippen molar-refractivity contribution in [3.8, 4) is 0 Å². The Bertz CT molecular complexity index is 1060. The molecular weight excluding hydrogens is 481 g/mol. The molecule has 1 amide bonds. The van der Waals surface area contributed by atoms with Crippen LogP contribution in [0.3, 0.4) is 0 Å². The summed E-state index contributed by atoms with van der Waals surface area (Å²) in [6, 6.07) is 4.91. The van der Waals surface area contributed by atoms with Crippen LogP contribution in [0.1, 0.15) is 51.2 Å². The summed E-state index contributed by atoms with van der Waals surface area (Å²) >= 11 is 0. The highest BCUT2D eigenvalue weighted by molar-refractivity contribution is 6.03. The first-order chi connectivity index (χ1) is 17.5. The van der Waals surface area contributed by atoms with Gasteiger partial charge >= 0.3 is 6.18 Å². The number of carbonyl (C=O) groups is 1. The van der Waals surface area contributed by atoms with Gasteiger partial charge in [-0.2, -0.15) is 13.2 Å². The maximum Gasteiger partial charge on any atom is 0.416 e. The van der Waals surface area contributed by atoms with E-state index in [1.165, 1.54) is 18.2 Å². The van der Waals surface area contributed by atoms with Gasteiger partial charge in [0.2, 0.25) is 5.91 Å². The number of aliphatic imine (C=N–C) groups is 1. The Balaban J connectivity index is 1.97. The van der Waals surface area contributed by atoms with Crippen molar-refractivity contribution in [2.24, 2.45) is 4.99 Å². The Hall–Kier alpha value is -3.13. The predicted octanol–water partition coefficient (Wildman–Crippen LogP) is 6.37. The summed E-state index contributed by atoms with van der Waals surface area (Å²) in [5.74, 6) is 0.315. The van der Waals surface area contributed by atoms with Gasteiger partial charge < -0.3 is 14.8 Å². The zero-order valence-corrected chi connectivity index (χ0v) is 22.1. The first-order valence-electron chi connectivity index (χ1n) is 12.3. The SMILES string of the molecule is C=C1CC(NC(=O)Cc2ccccc2C(F)(F)F)CC1=NCC(/C=C\C(=C\C)OCCCOC)=C(C)C. The Labute approximate surface area is 217 Å². The second-order valence-corrected chi connectivity index (χ2v) is 9.12. The molecule has 2 rings (SSSR count). The molecule has 1 aromatic carbocycles. The quantitative estimate of drug-likeness (QED) is 0.199. The smallest absolute Gasteiger partial charge is 0.416 e. The summed E-state index contributed by atoms with van der Waals surface area (Å²) in [6.07, 6.45) is 2.78. The van der Waals surface area contributed by atoms with Gasteiger partial charge in [-0.3, -0.25) is 9.79 Å². The summed E-state index contributed by atoms with van der Waals surface area (Å²) in [4.78, 5) is 17.3. The number of hydrogen-bond acceptors (Lipinski definition) is 4. The van der Waals surface area contributed by atoms with Gasteiger partial charge in [-0.25, -0.2) is 0 Å². The molecule has 1 N–H and O–H groups in total. The van der Waals surface area contributed by atoms with Gasteiger partial charge in [0.25, 0.3) is 0 Å². The van der Waals surface area contributed by atoms with Crippen molar-refractivity contribution in [3.05, 3.63) is 82.7 Å². The van der Waals surface area contributed by atoms with Crippen LogP contribution in [0.2, 0.25) is 0 Å². The molecule has 0 radical (unpaired) electrons. The van der Waals surface area contributed by atoms with Crippen LogP contribution in [0.4, 0.5) is 13.2 Å². The Morgan fingerprint density at radius 1 is 1.19 bits per heavy atom. The highest BCUT2D eigenvalue weighted by atomic mass is 19.4. The predicted molar refractivity (Wildman–Crippen MR) is 141 cm³/mol. The van der Waals surface area contributed by atoms with Crippen molar-refractivity contribution in [1.29, 1.82) is 0 Å². The Morgan fingerprint density at radius 2 is 1.92 bits per heavy atom. The third-order valence-corrected chi connectivity index (χ3v) is 5.96. The van der Waals surface area contributed by atoms with E-state index in [9.17, 15) is 18.0 Å². The number of ether oxygens (including phenoxy) is 2. The highest BCUT2D eigenvalue weighted by Crippen LogP contribution is 2.32. The lowest BCUT2D eigenvalue weighted by Gasteiger charge is -2.14. The molecule has 1 unspecified atom stereocenters. The maximum atomic E-state index is 13.2. The molecule has 37 heavy (non-hydrogen) atoms. The van der Waals surface area contributed by atoms with Gasteiger partial charge in [-0.15, -0.1) is 0 Å². The second-order valence-electron chi connectivity index (χ2n) is 9.12. The molecule has 0 aliphatic heterocycles. The molecule has 0 heterocycles. The second kappa shape index (κ2) is 14.6. The van der Waals surface area contributed by atoms with E-state index in [1.54, 1.807) is 7.11 Å². The van der Waals surface area contributed by atoms with Crippen molar-refractivity contribution in [2.75, 3.05) is 26.9 Å². The molecule has 0 bridgehead atoms. The van der Waals surface area contributed by atoms with E-state index in [4.69, 9.17) is 14.5 Å². The van der Waals surface area contributed by atoms with Gasteiger partial charge in [0.1, 0.15) is 5.76 Å². The number of alkyl halides is 3. The van der Waals surface area contributed by atoms with E-state index < -0.39 is 17.6 Å². The number of carbonyl (C=O) groups excluding carboxylic acids is 1. The number of rotatable bonds is 12. The number of nitrogens with zero attached hydrogens (tertiary/aromatic N) is 1. The first-order valence-corrected chi connectivity index (χ1v) is 12.3. The number of amides is 1. The van der Waals surface area contributed by atoms with E-state index in [1.807, 2.05) is 39.0 Å². The van der Waals surface area contributed by atoms with Crippen LogP contribution in [-0.2, 0) is 26.9 Å². The largest absolute Gasteiger partial charge is 0.494 e. The fraction of sp³-hybridized carbons (Fsp3) is 0.448. The molecule has 1 atom stereocenters. The monoisotopic (exact) mass is 518 g/mol. The molecule has 1 fully saturated rings. The third kappa shape index (κ3) is 10.0. The topological polar surface area (TPSA) is 59.9 Å². The molecule has 5 nitrogen and oxygen atoms in total. The standard InChI is InChI=1S/C29H37F3N2O3/c1-6-25(37-15-9-14-36-5)13-12-23(20(2)3)19-33-27-18-24(16-21(27)4)34-28(35)17-22-10-7-8-11-26(22)29(30,31)32/h6-8,10-13,24H,4,9,14-19H2,1-3,5H3,(H,34,35)/b13-12-,25-6-,33-27?. The normalized spacial score (nSPS) is 17.5. The summed E-state index contributed by atoms with van der Waals surface area (Å²) in [5, 5.41) is 2.85. The van der Waals surface area contributed by atoms with Crippen molar-refractivity contribution >= 4 is 11.6 Å². The third-order valence-electron chi connectivity index (χ3n) is 5.96. The van der Waals surface area contributed by atoms with E-state index in [0.717, 1.165) is 40.7 Å². The van der Waals surface area contributed by atoms with Crippen LogP contribution < -0.4 is 5.32 Å². The molecule has 1 saturated carbocycles. The van der Waals surface area contributed by atoms with Gasteiger partial charge in [0, 0.05) is 38.3 Å². The average molecular weight is 519 g/mol. The highest BCUT2D eigenvalue weighted by Gasteiger charge is 2.33. The minimum atomic E-state index is -4.50.